The summed E-state index contributed by atoms with van der Waals surface area (Å²) in [4.78, 5) is 0. The Morgan fingerprint density at radius 3 is 2.80 bits per heavy atom. The molecule has 0 aromatic heterocycles. The summed E-state index contributed by atoms with van der Waals surface area (Å²) in [7, 11) is 0. The number of hydrogen-bond acceptors (Lipinski definition) is 2. The van der Waals surface area contributed by atoms with Crippen LogP contribution < -0.4 is 0 Å². The van der Waals surface area contributed by atoms with Crippen LogP contribution in [0.3, 0.4) is 0 Å². The quantitative estimate of drug-likeness (QED) is 0.623. The van der Waals surface area contributed by atoms with Crippen molar-refractivity contribution in [2.45, 2.75) is 6.10 Å². The molecule has 0 saturated carbocycles. The fraction of sp³-hybridized carbons (Fsp3) is 0.250. The Labute approximate surface area is 59.7 Å². The van der Waals surface area contributed by atoms with Crippen molar-refractivity contribution in [1.82, 2.24) is 0 Å². The second-order valence-corrected chi connectivity index (χ2v) is 2.02. The highest BCUT2D eigenvalue weighted by molar-refractivity contribution is 5.15. The van der Waals surface area contributed by atoms with Crippen LogP contribution in [-0.4, -0.2) is 16.8 Å². The van der Waals surface area contributed by atoms with Gasteiger partial charge in [0, 0.05) is 0 Å². The van der Waals surface area contributed by atoms with Crippen molar-refractivity contribution < 1.29 is 10.2 Å². The van der Waals surface area contributed by atoms with E-state index in [1.165, 1.54) is 0 Å². The number of aliphatic hydroxyl groups excluding tert-OH is 2. The molecule has 10 heavy (non-hydrogen) atoms. The average Bonchev–Trinajstić information content (AvgIpc) is 2.05. The topological polar surface area (TPSA) is 40.5 Å². The molecule has 2 heteroatoms. The van der Waals surface area contributed by atoms with Crippen LogP contribution in [0.5, 0.6) is 0 Å². The fourth-order valence-corrected chi connectivity index (χ4v) is 0.713. The van der Waals surface area contributed by atoms with E-state index in [9.17, 15) is 0 Å². The van der Waals surface area contributed by atoms with E-state index in [1.54, 1.807) is 18.2 Å². The molecule has 0 aliphatic heterocycles. The highest BCUT2D eigenvalue weighted by atomic mass is 16.3. The lowest BCUT2D eigenvalue weighted by Gasteiger charge is -2.04. The van der Waals surface area contributed by atoms with Gasteiger partial charge in [0.25, 0.3) is 0 Å². The van der Waals surface area contributed by atoms with Crippen molar-refractivity contribution in [2.24, 2.45) is 0 Å². The standard InChI is InChI=1S/C8H9O2/c9-6-8(10)7-4-2-1-3-5-7/h1-4,8-10H,6H2/t8-/m0/s1. The molecule has 0 spiro atoms. The van der Waals surface area contributed by atoms with E-state index >= 15 is 0 Å². The molecule has 1 aromatic rings. The van der Waals surface area contributed by atoms with Gasteiger partial charge in [0.15, 0.2) is 0 Å². The van der Waals surface area contributed by atoms with Crippen molar-refractivity contribution in [2.75, 3.05) is 6.61 Å². The molecule has 0 saturated heterocycles. The van der Waals surface area contributed by atoms with Gasteiger partial charge in [-0.2, -0.15) is 0 Å². The minimum atomic E-state index is -0.791. The molecule has 1 aromatic carbocycles. The summed E-state index contributed by atoms with van der Waals surface area (Å²) in [5.74, 6) is 0. The van der Waals surface area contributed by atoms with Gasteiger partial charge in [-0.1, -0.05) is 24.3 Å². The van der Waals surface area contributed by atoms with Crippen LogP contribution in [0.1, 0.15) is 11.7 Å². The molecule has 2 N–H and O–H groups in total. The molecule has 0 aliphatic rings. The van der Waals surface area contributed by atoms with Gasteiger partial charge in [0.2, 0.25) is 0 Å². The molecule has 0 unspecified atom stereocenters. The lowest BCUT2D eigenvalue weighted by molar-refractivity contribution is 0.0954. The van der Waals surface area contributed by atoms with Gasteiger partial charge in [0.05, 0.1) is 6.61 Å². The van der Waals surface area contributed by atoms with Crippen LogP contribution in [0.4, 0.5) is 0 Å². The summed E-state index contributed by atoms with van der Waals surface area (Å²) in [6.45, 7) is -0.249. The van der Waals surface area contributed by atoms with Gasteiger partial charge in [-0.05, 0) is 11.6 Å². The van der Waals surface area contributed by atoms with Gasteiger partial charge in [0.1, 0.15) is 6.10 Å². The monoisotopic (exact) mass is 137 g/mol. The Hall–Kier alpha value is -0.860. The largest absolute Gasteiger partial charge is 0.393 e. The third-order valence-corrected chi connectivity index (χ3v) is 1.27. The second-order valence-electron chi connectivity index (χ2n) is 2.02. The summed E-state index contributed by atoms with van der Waals surface area (Å²) < 4.78 is 0. The molecule has 0 fully saturated rings. The number of hydrogen-bond donors (Lipinski definition) is 2. The lowest BCUT2D eigenvalue weighted by atomic mass is 10.1. The lowest BCUT2D eigenvalue weighted by Crippen LogP contribution is -2.01. The van der Waals surface area contributed by atoms with Gasteiger partial charge in [-0.15, -0.1) is 0 Å². The predicted molar refractivity (Wildman–Crippen MR) is 37.3 cm³/mol. The Kier molecular flexibility index (Phi) is 2.42. The van der Waals surface area contributed by atoms with Crippen LogP contribution in [0, 0.1) is 6.07 Å². The van der Waals surface area contributed by atoms with E-state index in [0.29, 0.717) is 5.56 Å². The van der Waals surface area contributed by atoms with E-state index in [0.717, 1.165) is 0 Å². The first kappa shape index (κ1) is 7.25. The third kappa shape index (κ3) is 1.56. The zero-order chi connectivity index (χ0) is 7.40. The molecular formula is C8H9O2. The summed E-state index contributed by atoms with van der Waals surface area (Å²) in [6.07, 6.45) is -0.791. The SMILES string of the molecule is OC[C@H](O)c1[c]cccc1. The van der Waals surface area contributed by atoms with Crippen molar-refractivity contribution in [3.8, 4) is 0 Å². The first-order valence-corrected chi connectivity index (χ1v) is 3.10. The number of rotatable bonds is 2. The van der Waals surface area contributed by atoms with Crippen LogP contribution >= 0.6 is 0 Å². The highest BCUT2D eigenvalue weighted by Crippen LogP contribution is 2.08. The van der Waals surface area contributed by atoms with E-state index in [1.807, 2.05) is 6.07 Å². The Morgan fingerprint density at radius 2 is 2.30 bits per heavy atom. The first-order valence-electron chi connectivity index (χ1n) is 3.10. The maximum absolute atomic E-state index is 9.05. The minimum Gasteiger partial charge on any atom is -0.393 e. The van der Waals surface area contributed by atoms with E-state index < -0.39 is 6.10 Å². The zero-order valence-corrected chi connectivity index (χ0v) is 5.49. The van der Waals surface area contributed by atoms with Gasteiger partial charge < -0.3 is 10.2 Å². The van der Waals surface area contributed by atoms with Crippen molar-refractivity contribution >= 4 is 0 Å². The van der Waals surface area contributed by atoms with Gasteiger partial charge >= 0.3 is 0 Å². The van der Waals surface area contributed by atoms with E-state index in [2.05, 4.69) is 6.07 Å². The van der Waals surface area contributed by atoms with Crippen LogP contribution in [0.15, 0.2) is 24.3 Å². The first-order chi connectivity index (χ1) is 4.84. The van der Waals surface area contributed by atoms with Crippen molar-refractivity contribution in [1.29, 1.82) is 0 Å². The molecule has 1 rings (SSSR count). The molecule has 2 nitrogen and oxygen atoms in total. The Bertz CT molecular complexity index is 184. The normalized spacial score (nSPS) is 13.0. The molecule has 0 heterocycles. The van der Waals surface area contributed by atoms with E-state index in [4.69, 9.17) is 10.2 Å². The molecule has 0 amide bonds. The Morgan fingerprint density at radius 1 is 1.50 bits per heavy atom. The van der Waals surface area contributed by atoms with Gasteiger partial charge in [-0.25, -0.2) is 0 Å². The fourth-order valence-electron chi connectivity index (χ4n) is 0.713. The van der Waals surface area contributed by atoms with Gasteiger partial charge in [-0.3, -0.25) is 0 Å². The third-order valence-electron chi connectivity index (χ3n) is 1.27. The maximum atomic E-state index is 9.05. The Balaban J connectivity index is 2.75. The number of benzene rings is 1. The highest BCUT2D eigenvalue weighted by Gasteiger charge is 2.02. The summed E-state index contributed by atoms with van der Waals surface area (Å²) >= 11 is 0. The predicted octanol–water partition coefficient (Wildman–Crippen LogP) is 0.512. The second kappa shape index (κ2) is 3.34. The summed E-state index contributed by atoms with van der Waals surface area (Å²) in [5.41, 5.74) is 0.630. The van der Waals surface area contributed by atoms with Crippen LogP contribution in [-0.2, 0) is 0 Å². The molecule has 0 aliphatic carbocycles. The molecule has 1 atom stereocenters. The zero-order valence-electron chi connectivity index (χ0n) is 5.49. The molecule has 1 radical (unpaired) electrons. The molecule has 53 valence electrons. The molecular weight excluding hydrogens is 128 g/mol. The minimum absolute atomic E-state index is 0.249. The smallest absolute Gasteiger partial charge is 0.103 e. The molecule has 0 bridgehead atoms. The summed E-state index contributed by atoms with van der Waals surface area (Å²) in [5, 5.41) is 17.6. The summed E-state index contributed by atoms with van der Waals surface area (Å²) in [6, 6.07) is 9.84. The van der Waals surface area contributed by atoms with Crippen molar-refractivity contribution in [3.63, 3.8) is 0 Å². The maximum Gasteiger partial charge on any atom is 0.103 e. The van der Waals surface area contributed by atoms with E-state index in [-0.39, 0.29) is 6.61 Å². The number of aliphatic hydroxyl groups is 2. The van der Waals surface area contributed by atoms with Crippen molar-refractivity contribution in [3.05, 3.63) is 35.9 Å². The average molecular weight is 137 g/mol. The van der Waals surface area contributed by atoms with Crippen LogP contribution in [0.2, 0.25) is 0 Å². The van der Waals surface area contributed by atoms with Crippen LogP contribution in [0.25, 0.3) is 0 Å².